The molecule has 2 aliphatic carbocycles. The van der Waals surface area contributed by atoms with Gasteiger partial charge in [0.05, 0.1) is 13.0 Å². The van der Waals surface area contributed by atoms with Crippen molar-refractivity contribution in [3.8, 4) is 0 Å². The number of hydrogen-bond donors (Lipinski definition) is 0. The lowest BCUT2D eigenvalue weighted by molar-refractivity contribution is -0.763. The summed E-state index contributed by atoms with van der Waals surface area (Å²) >= 11 is 0. The number of amides is 1. The monoisotopic (exact) mass is 373 g/mol. The molecule has 2 saturated carbocycles. The summed E-state index contributed by atoms with van der Waals surface area (Å²) in [7, 11) is 0. The van der Waals surface area contributed by atoms with Gasteiger partial charge in [-0.05, 0) is 48.6 Å². The molecule has 0 saturated heterocycles. The summed E-state index contributed by atoms with van der Waals surface area (Å²) in [5.74, 6) is 1.08. The Labute approximate surface area is 157 Å². The smallest absolute Gasteiger partial charge is 0.294 e. The average Bonchev–Trinajstić information content (AvgIpc) is 3.58. The maximum absolute atomic E-state index is 13.2. The summed E-state index contributed by atoms with van der Waals surface area (Å²) in [6.45, 7) is 0.991. The Balaban J connectivity index is 1.50. The molecule has 1 amide bonds. The van der Waals surface area contributed by atoms with Gasteiger partial charge in [-0.1, -0.05) is 24.3 Å². The van der Waals surface area contributed by atoms with Gasteiger partial charge in [-0.15, -0.1) is 10.1 Å². The molecule has 2 fully saturated rings. The van der Waals surface area contributed by atoms with Crippen LogP contribution in [-0.2, 0) is 27.4 Å². The van der Waals surface area contributed by atoms with Crippen molar-refractivity contribution in [1.29, 1.82) is 0 Å². The number of aliphatic imine (C=N–C) groups is 1. The van der Waals surface area contributed by atoms with Crippen molar-refractivity contribution in [2.24, 2.45) is 16.8 Å². The highest BCUT2D eigenvalue weighted by Gasteiger charge is 2.48. The third-order valence-corrected chi connectivity index (χ3v) is 5.24. The summed E-state index contributed by atoms with van der Waals surface area (Å²) in [5, 5.41) is 9.57. The van der Waals surface area contributed by atoms with Gasteiger partial charge in [-0.25, -0.2) is 4.99 Å². The number of ether oxygens (including phenoxy) is 1. The van der Waals surface area contributed by atoms with Crippen LogP contribution < -0.4 is 0 Å². The Morgan fingerprint density at radius 1 is 1.30 bits per heavy atom. The first-order valence-electron chi connectivity index (χ1n) is 9.46. The molecular weight excluding hydrogens is 350 g/mol. The number of carbonyl (C=O) groups is 1. The molecule has 144 valence electrons. The van der Waals surface area contributed by atoms with Crippen molar-refractivity contribution in [3.05, 3.63) is 45.5 Å². The van der Waals surface area contributed by atoms with E-state index in [1.54, 1.807) is 18.2 Å². The summed E-state index contributed by atoms with van der Waals surface area (Å²) in [6, 6.07) is 7.82. The molecule has 0 aromatic heterocycles. The van der Waals surface area contributed by atoms with E-state index in [0.717, 1.165) is 31.2 Å². The summed E-state index contributed by atoms with van der Waals surface area (Å²) in [5.41, 5.74) is 1.47. The first kappa shape index (κ1) is 17.8. The molecule has 4 rings (SSSR count). The molecule has 1 aromatic rings. The van der Waals surface area contributed by atoms with Gasteiger partial charge in [0.25, 0.3) is 11.1 Å². The van der Waals surface area contributed by atoms with Crippen LogP contribution >= 0.6 is 0 Å². The van der Waals surface area contributed by atoms with Crippen molar-refractivity contribution in [3.63, 3.8) is 0 Å². The van der Waals surface area contributed by atoms with Crippen molar-refractivity contribution in [2.75, 3.05) is 13.2 Å². The minimum Gasteiger partial charge on any atom is -0.463 e. The van der Waals surface area contributed by atoms with Crippen LogP contribution in [0.1, 0.15) is 36.8 Å². The highest BCUT2D eigenvalue weighted by molar-refractivity contribution is 5.96. The Hall–Kier alpha value is -2.64. The molecule has 0 N–H and O–H groups in total. The third kappa shape index (κ3) is 4.37. The van der Waals surface area contributed by atoms with Gasteiger partial charge in [-0.2, -0.15) is 0 Å². The van der Waals surface area contributed by atoms with E-state index in [9.17, 15) is 14.9 Å². The average molecular weight is 373 g/mol. The van der Waals surface area contributed by atoms with E-state index in [2.05, 4.69) is 9.83 Å². The van der Waals surface area contributed by atoms with E-state index in [1.165, 1.54) is 0 Å². The Morgan fingerprint density at radius 2 is 2.00 bits per heavy atom. The number of benzene rings is 1. The van der Waals surface area contributed by atoms with Crippen molar-refractivity contribution in [1.82, 2.24) is 4.90 Å². The quantitative estimate of drug-likeness (QED) is 0.515. The molecule has 0 bridgehead atoms. The number of nitrogens with zero attached hydrogens (tertiary/aromatic N) is 3. The first-order chi connectivity index (χ1) is 13.1. The van der Waals surface area contributed by atoms with Crippen molar-refractivity contribution in [2.45, 2.75) is 44.8 Å². The van der Waals surface area contributed by atoms with E-state index in [1.807, 2.05) is 11.0 Å². The lowest BCUT2D eigenvalue weighted by atomic mass is 10.0. The minimum absolute atomic E-state index is 0.0215. The zero-order valence-electron chi connectivity index (χ0n) is 15.1. The normalized spacial score (nSPS) is 18.8. The fourth-order valence-corrected chi connectivity index (χ4v) is 3.77. The van der Waals surface area contributed by atoms with Gasteiger partial charge in [0.2, 0.25) is 5.91 Å². The topological polar surface area (TPSA) is 94.3 Å². The summed E-state index contributed by atoms with van der Waals surface area (Å²) < 4.78 is 5.66. The maximum Gasteiger partial charge on any atom is 0.294 e. The van der Waals surface area contributed by atoms with Crippen molar-refractivity contribution < 1.29 is 19.5 Å². The Morgan fingerprint density at radius 3 is 2.59 bits per heavy atom. The second-order valence-corrected chi connectivity index (χ2v) is 7.44. The van der Waals surface area contributed by atoms with Gasteiger partial charge in [0.1, 0.15) is 13.2 Å². The molecule has 1 aromatic carbocycles. The zero-order chi connectivity index (χ0) is 18.8. The first-order valence-corrected chi connectivity index (χ1v) is 9.46. The van der Waals surface area contributed by atoms with E-state index in [0.29, 0.717) is 36.6 Å². The molecule has 0 spiro atoms. The molecule has 0 radical (unpaired) electrons. The van der Waals surface area contributed by atoms with Crippen LogP contribution in [0.25, 0.3) is 0 Å². The molecule has 8 heteroatoms. The van der Waals surface area contributed by atoms with Gasteiger partial charge in [-0.3, -0.25) is 9.69 Å². The lowest BCUT2D eigenvalue weighted by Gasteiger charge is -2.31. The number of rotatable bonds is 8. The summed E-state index contributed by atoms with van der Waals surface area (Å²) in [4.78, 5) is 34.2. The van der Waals surface area contributed by atoms with Crippen LogP contribution in [0.2, 0.25) is 0 Å². The predicted molar refractivity (Wildman–Crippen MR) is 96.3 cm³/mol. The SMILES string of the molecule is O=C(Cc1cccc(CO[N+](=O)[O-])c1)N(C1=NCCO1)C(C1CC1)C1CC1. The van der Waals surface area contributed by atoms with E-state index in [4.69, 9.17) is 4.74 Å². The molecule has 1 heterocycles. The Bertz CT molecular complexity index is 745. The fraction of sp³-hybridized carbons (Fsp3) is 0.579. The Kier molecular flexibility index (Phi) is 4.96. The molecule has 8 nitrogen and oxygen atoms in total. The standard InChI is InChI=1S/C19H23N3O5/c23-17(11-13-2-1-3-14(10-13)12-27-22(24)25)21(19-20-8-9-26-19)18(15-4-5-15)16-6-7-16/h1-3,10,15-16,18H,4-9,11-12H2. The lowest BCUT2D eigenvalue weighted by Crippen LogP contribution is -2.48. The molecule has 0 atom stereocenters. The van der Waals surface area contributed by atoms with E-state index < -0.39 is 5.09 Å². The molecule has 27 heavy (non-hydrogen) atoms. The van der Waals surface area contributed by atoms with Gasteiger partial charge >= 0.3 is 0 Å². The third-order valence-electron chi connectivity index (χ3n) is 5.24. The molecular formula is C19H23N3O5. The van der Waals surface area contributed by atoms with Crippen LogP contribution in [0, 0.1) is 22.0 Å². The van der Waals surface area contributed by atoms with Crippen LogP contribution in [-0.4, -0.2) is 41.1 Å². The van der Waals surface area contributed by atoms with E-state index in [-0.39, 0.29) is 25.0 Å². The van der Waals surface area contributed by atoms with Crippen LogP contribution in [0.5, 0.6) is 0 Å². The number of hydrogen-bond acceptors (Lipinski definition) is 6. The van der Waals surface area contributed by atoms with Gasteiger partial charge in [0, 0.05) is 6.04 Å². The van der Waals surface area contributed by atoms with Crippen LogP contribution in [0.3, 0.4) is 0 Å². The number of carbonyl (C=O) groups excluding carboxylic acids is 1. The highest BCUT2D eigenvalue weighted by Crippen LogP contribution is 2.47. The molecule has 0 unspecified atom stereocenters. The fourth-order valence-electron chi connectivity index (χ4n) is 3.77. The van der Waals surface area contributed by atoms with Crippen molar-refractivity contribution >= 4 is 11.9 Å². The number of amidine groups is 1. The second-order valence-electron chi connectivity index (χ2n) is 7.44. The van der Waals surface area contributed by atoms with Crippen LogP contribution in [0.4, 0.5) is 0 Å². The predicted octanol–water partition coefficient (Wildman–Crippen LogP) is 2.34. The van der Waals surface area contributed by atoms with E-state index >= 15 is 0 Å². The maximum atomic E-state index is 13.2. The largest absolute Gasteiger partial charge is 0.463 e. The molecule has 3 aliphatic rings. The van der Waals surface area contributed by atoms with Gasteiger partial charge in [0.15, 0.2) is 0 Å². The highest BCUT2D eigenvalue weighted by atomic mass is 16.9. The minimum atomic E-state index is -0.814. The molecule has 1 aliphatic heterocycles. The second kappa shape index (κ2) is 7.54. The van der Waals surface area contributed by atoms with Crippen LogP contribution in [0.15, 0.2) is 29.3 Å². The van der Waals surface area contributed by atoms with Gasteiger partial charge < -0.3 is 9.57 Å². The zero-order valence-corrected chi connectivity index (χ0v) is 15.1. The summed E-state index contributed by atoms with van der Waals surface area (Å²) in [6.07, 6.45) is 4.85.